The lowest BCUT2D eigenvalue weighted by Gasteiger charge is -2.16. The number of rotatable bonds is 6. The monoisotopic (exact) mass is 409 g/mol. The van der Waals surface area contributed by atoms with E-state index in [2.05, 4.69) is 4.98 Å². The maximum Gasteiger partial charge on any atom is 0.270 e. The van der Waals surface area contributed by atoms with Gasteiger partial charge in [0.2, 0.25) is 0 Å². The van der Waals surface area contributed by atoms with Crippen LogP contribution in [0.25, 0.3) is 21.8 Å². The van der Waals surface area contributed by atoms with Crippen molar-refractivity contribution >= 4 is 31.8 Å². The molecule has 6 nitrogen and oxygen atoms in total. The molecule has 0 saturated heterocycles. The molecule has 0 aliphatic rings. The number of hydrogen-bond acceptors (Lipinski definition) is 5. The van der Waals surface area contributed by atoms with Crippen LogP contribution in [0, 0.1) is 0 Å². The summed E-state index contributed by atoms with van der Waals surface area (Å²) in [6.07, 6.45) is 3.22. The molecule has 0 unspecified atom stereocenters. The lowest BCUT2D eigenvalue weighted by Crippen LogP contribution is -2.14. The van der Waals surface area contributed by atoms with Crippen molar-refractivity contribution in [3.05, 3.63) is 66.5 Å². The minimum Gasteiger partial charge on any atom is -0.494 e. The lowest BCUT2D eigenvalue weighted by molar-refractivity contribution is 0.326. The highest BCUT2D eigenvalue weighted by Gasteiger charge is 2.23. The Kier molecular flexibility index (Phi) is 5.02. The van der Waals surface area contributed by atoms with Gasteiger partial charge in [0, 0.05) is 35.3 Å². The molecule has 0 spiro atoms. The summed E-state index contributed by atoms with van der Waals surface area (Å²) in [5.74, 6) is 0.774. The predicted molar refractivity (Wildman–Crippen MR) is 115 cm³/mol. The zero-order chi connectivity index (χ0) is 20.6. The summed E-state index contributed by atoms with van der Waals surface area (Å²) in [4.78, 5) is 6.54. The van der Waals surface area contributed by atoms with Crippen LogP contribution in [0.2, 0.25) is 0 Å². The molecule has 150 valence electrons. The van der Waals surface area contributed by atoms with E-state index in [1.807, 2.05) is 50.2 Å². The summed E-state index contributed by atoms with van der Waals surface area (Å²) in [7, 11) is 0.133. The van der Waals surface area contributed by atoms with Gasteiger partial charge in [0.05, 0.1) is 17.6 Å². The van der Waals surface area contributed by atoms with Crippen molar-refractivity contribution < 1.29 is 13.2 Å². The van der Waals surface area contributed by atoms with Crippen LogP contribution in [0.4, 0.5) is 0 Å². The van der Waals surface area contributed by atoms with Crippen molar-refractivity contribution in [2.75, 3.05) is 20.7 Å². The molecule has 29 heavy (non-hydrogen) atoms. The Morgan fingerprint density at radius 1 is 1.07 bits per heavy atom. The summed E-state index contributed by atoms with van der Waals surface area (Å²) in [5, 5.41) is 1.65. The van der Waals surface area contributed by atoms with Gasteiger partial charge in [0.25, 0.3) is 10.0 Å². The Balaban J connectivity index is 1.94. The highest BCUT2D eigenvalue weighted by atomic mass is 32.2. The average molecular weight is 410 g/mol. The molecule has 0 amide bonds. The molecule has 0 atom stereocenters. The fraction of sp³-hybridized carbons (Fsp3) is 0.227. The maximum absolute atomic E-state index is 13.5. The summed E-state index contributed by atoms with van der Waals surface area (Å²) >= 11 is 0. The summed E-state index contributed by atoms with van der Waals surface area (Å²) in [6, 6.07) is 14.4. The fourth-order valence-electron chi connectivity index (χ4n) is 3.60. The van der Waals surface area contributed by atoms with Gasteiger partial charge in [-0.05, 0) is 51.4 Å². The van der Waals surface area contributed by atoms with Crippen LogP contribution in [0.15, 0.2) is 65.8 Å². The molecule has 0 fully saturated rings. The van der Waals surface area contributed by atoms with Gasteiger partial charge in [-0.2, -0.15) is 0 Å². The highest BCUT2D eigenvalue weighted by molar-refractivity contribution is 7.90. The molecule has 0 aliphatic carbocycles. The third-order valence-corrected chi connectivity index (χ3v) is 6.53. The van der Waals surface area contributed by atoms with Crippen molar-refractivity contribution in [2.24, 2.45) is 0 Å². The van der Waals surface area contributed by atoms with Gasteiger partial charge in [0.1, 0.15) is 10.6 Å². The van der Waals surface area contributed by atoms with Gasteiger partial charge in [-0.15, -0.1) is 0 Å². The molecule has 2 aromatic carbocycles. The molecule has 0 aliphatic heterocycles. The summed E-state index contributed by atoms with van der Waals surface area (Å²) < 4.78 is 34.2. The Morgan fingerprint density at radius 3 is 2.62 bits per heavy atom. The number of aromatic nitrogens is 2. The van der Waals surface area contributed by atoms with E-state index in [9.17, 15) is 8.42 Å². The number of fused-ring (bicyclic) bond motifs is 2. The number of nitrogens with zero attached hydrogens (tertiary/aromatic N) is 3. The minimum atomic E-state index is -3.82. The van der Waals surface area contributed by atoms with E-state index >= 15 is 0 Å². The first-order chi connectivity index (χ1) is 13.9. The maximum atomic E-state index is 13.5. The zero-order valence-corrected chi connectivity index (χ0v) is 17.5. The Labute approximate surface area is 170 Å². The van der Waals surface area contributed by atoms with E-state index in [0.717, 1.165) is 22.1 Å². The fourth-order valence-corrected chi connectivity index (χ4v) is 5.12. The van der Waals surface area contributed by atoms with Crippen LogP contribution >= 0.6 is 0 Å². The van der Waals surface area contributed by atoms with E-state index in [-0.39, 0.29) is 4.90 Å². The van der Waals surface area contributed by atoms with Gasteiger partial charge < -0.3 is 9.64 Å². The number of para-hydroxylation sites is 1. The summed E-state index contributed by atoms with van der Waals surface area (Å²) in [5.41, 5.74) is 2.06. The lowest BCUT2D eigenvalue weighted by atomic mass is 10.1. The Hall–Kier alpha value is -2.90. The molecule has 0 bridgehead atoms. The van der Waals surface area contributed by atoms with Crippen LogP contribution in [-0.2, 0) is 16.6 Å². The second-order valence-corrected chi connectivity index (χ2v) is 8.88. The molecule has 2 aromatic heterocycles. The van der Waals surface area contributed by atoms with Crippen molar-refractivity contribution in [2.45, 2.75) is 18.4 Å². The second kappa shape index (κ2) is 7.50. The van der Waals surface area contributed by atoms with E-state index < -0.39 is 10.0 Å². The van der Waals surface area contributed by atoms with Crippen LogP contribution < -0.4 is 4.74 Å². The minimum absolute atomic E-state index is 0.191. The van der Waals surface area contributed by atoms with Crippen molar-refractivity contribution in [3.63, 3.8) is 0 Å². The molecule has 0 saturated carbocycles. The molecule has 0 N–H and O–H groups in total. The molecule has 2 heterocycles. The van der Waals surface area contributed by atoms with Gasteiger partial charge in [0.15, 0.2) is 0 Å². The first-order valence-corrected chi connectivity index (χ1v) is 10.9. The van der Waals surface area contributed by atoms with Gasteiger partial charge in [-0.25, -0.2) is 12.4 Å². The first-order valence-electron chi connectivity index (χ1n) is 9.43. The largest absolute Gasteiger partial charge is 0.494 e. The zero-order valence-electron chi connectivity index (χ0n) is 16.7. The number of hydrogen-bond donors (Lipinski definition) is 0. The highest BCUT2D eigenvalue weighted by Crippen LogP contribution is 2.33. The van der Waals surface area contributed by atoms with Gasteiger partial charge in [-0.3, -0.25) is 4.98 Å². The van der Waals surface area contributed by atoms with Crippen LogP contribution in [0.1, 0.15) is 12.5 Å². The van der Waals surface area contributed by atoms with E-state index in [1.165, 1.54) is 3.97 Å². The van der Waals surface area contributed by atoms with Crippen LogP contribution in [-0.4, -0.2) is 43.0 Å². The van der Waals surface area contributed by atoms with Crippen molar-refractivity contribution in [1.82, 2.24) is 13.9 Å². The first kappa shape index (κ1) is 19.4. The molecule has 0 radical (unpaired) electrons. The molecule has 4 aromatic rings. The number of benzene rings is 2. The van der Waals surface area contributed by atoms with Crippen molar-refractivity contribution in [1.29, 1.82) is 0 Å². The third kappa shape index (κ3) is 3.36. The Morgan fingerprint density at radius 2 is 1.86 bits per heavy atom. The molecule has 4 rings (SSSR count). The molecular weight excluding hydrogens is 386 g/mol. The number of ether oxygens (including phenoxy) is 1. The number of pyridine rings is 1. The van der Waals surface area contributed by atoms with Crippen LogP contribution in [0.3, 0.4) is 0 Å². The topological polar surface area (TPSA) is 64.4 Å². The smallest absolute Gasteiger partial charge is 0.270 e. The van der Waals surface area contributed by atoms with E-state index in [4.69, 9.17) is 4.74 Å². The molecule has 7 heteroatoms. The van der Waals surface area contributed by atoms with E-state index in [0.29, 0.717) is 24.2 Å². The van der Waals surface area contributed by atoms with Crippen molar-refractivity contribution in [3.8, 4) is 5.75 Å². The van der Waals surface area contributed by atoms with Crippen LogP contribution in [0.5, 0.6) is 5.75 Å². The summed E-state index contributed by atoms with van der Waals surface area (Å²) in [6.45, 7) is 3.13. The predicted octanol–water partition coefficient (Wildman–Crippen LogP) is 3.89. The SMILES string of the molecule is CCOc1ccc2c(ccn2S(=O)(=O)c2cccc3cccnc23)c1CN(C)C. The third-order valence-electron chi connectivity index (χ3n) is 4.81. The quantitative estimate of drug-likeness (QED) is 0.483. The normalized spacial score (nSPS) is 12.1. The van der Waals surface area contributed by atoms with E-state index in [1.54, 1.807) is 36.7 Å². The standard InChI is InChI=1S/C22H23N3O3S/c1-4-28-20-11-10-19-17(18(20)15-24(2)3)12-14-25(19)29(26,27)21-9-5-7-16-8-6-13-23-22(16)21/h5-14H,4,15H2,1-3H3. The Bertz CT molecular complexity index is 1290. The second-order valence-electron chi connectivity index (χ2n) is 7.09. The average Bonchev–Trinajstić information content (AvgIpc) is 3.14. The van der Waals surface area contributed by atoms with Gasteiger partial charge in [-0.1, -0.05) is 18.2 Å². The van der Waals surface area contributed by atoms with Gasteiger partial charge >= 0.3 is 0 Å². The molecular formula is C22H23N3O3S.